The number of sulfonamides is 1. The van der Waals surface area contributed by atoms with Crippen LogP contribution in [0.3, 0.4) is 0 Å². The van der Waals surface area contributed by atoms with Gasteiger partial charge in [0.25, 0.3) is 5.69 Å². The van der Waals surface area contributed by atoms with Gasteiger partial charge >= 0.3 is 0 Å². The molecule has 2 aromatic rings. The number of carbonyl (C=O) groups excluding carboxylic acids is 1. The van der Waals surface area contributed by atoms with Crippen LogP contribution in [-0.4, -0.2) is 36.6 Å². The van der Waals surface area contributed by atoms with Crippen molar-refractivity contribution in [2.24, 2.45) is 5.92 Å². The van der Waals surface area contributed by atoms with Crippen molar-refractivity contribution in [1.82, 2.24) is 4.31 Å². The lowest BCUT2D eigenvalue weighted by Crippen LogP contribution is -2.37. The molecule has 1 amide bonds. The van der Waals surface area contributed by atoms with E-state index in [1.54, 1.807) is 12.1 Å². The molecule has 0 aromatic heterocycles. The van der Waals surface area contributed by atoms with E-state index in [-0.39, 0.29) is 22.9 Å². The van der Waals surface area contributed by atoms with E-state index in [0.717, 1.165) is 12.8 Å². The maximum Gasteiger partial charge on any atom is 0.269 e. The maximum absolute atomic E-state index is 12.7. The smallest absolute Gasteiger partial charge is 0.269 e. The van der Waals surface area contributed by atoms with Gasteiger partial charge in [-0.3, -0.25) is 14.9 Å². The van der Waals surface area contributed by atoms with Gasteiger partial charge < -0.3 is 5.32 Å². The molecule has 1 aliphatic rings. The molecule has 1 aliphatic heterocycles. The molecule has 9 heteroatoms. The van der Waals surface area contributed by atoms with Crippen LogP contribution < -0.4 is 5.32 Å². The van der Waals surface area contributed by atoms with Gasteiger partial charge in [0.2, 0.25) is 15.9 Å². The van der Waals surface area contributed by atoms with Crippen LogP contribution in [0.5, 0.6) is 0 Å². The summed E-state index contributed by atoms with van der Waals surface area (Å²) >= 11 is 0. The number of piperidine rings is 1. The summed E-state index contributed by atoms with van der Waals surface area (Å²) in [6.07, 6.45) is 1.77. The summed E-state index contributed by atoms with van der Waals surface area (Å²) in [6.45, 7) is 3.17. The van der Waals surface area contributed by atoms with E-state index in [9.17, 15) is 23.3 Å². The molecular formula is C20H23N3O5S. The molecule has 0 aliphatic carbocycles. The van der Waals surface area contributed by atoms with Gasteiger partial charge in [-0.05, 0) is 48.6 Å². The average Bonchev–Trinajstić information content (AvgIpc) is 2.69. The second kappa shape index (κ2) is 8.71. The summed E-state index contributed by atoms with van der Waals surface area (Å²) in [5, 5.41) is 13.4. The predicted molar refractivity (Wildman–Crippen MR) is 109 cm³/mol. The van der Waals surface area contributed by atoms with Crippen molar-refractivity contribution in [3.63, 3.8) is 0 Å². The molecule has 1 fully saturated rings. The third-order valence-electron chi connectivity index (χ3n) is 5.03. The fourth-order valence-electron chi connectivity index (χ4n) is 3.21. The van der Waals surface area contributed by atoms with E-state index in [1.807, 2.05) is 0 Å². The van der Waals surface area contributed by atoms with Crippen LogP contribution in [0.4, 0.5) is 11.4 Å². The first-order valence-corrected chi connectivity index (χ1v) is 10.8. The van der Waals surface area contributed by atoms with E-state index < -0.39 is 14.9 Å². The quantitative estimate of drug-likeness (QED) is 0.573. The third kappa shape index (κ3) is 5.18. The zero-order valence-electron chi connectivity index (χ0n) is 16.1. The third-order valence-corrected chi connectivity index (χ3v) is 6.94. The zero-order valence-corrected chi connectivity index (χ0v) is 16.9. The van der Waals surface area contributed by atoms with Crippen LogP contribution in [0, 0.1) is 16.0 Å². The maximum atomic E-state index is 12.7. The fraction of sp³-hybridized carbons (Fsp3) is 0.350. The topological polar surface area (TPSA) is 110 Å². The summed E-state index contributed by atoms with van der Waals surface area (Å²) in [5.41, 5.74) is 1.10. The Kier molecular flexibility index (Phi) is 6.29. The average molecular weight is 417 g/mol. The minimum Gasteiger partial charge on any atom is -0.326 e. The highest BCUT2D eigenvalue weighted by molar-refractivity contribution is 7.89. The lowest BCUT2D eigenvalue weighted by atomic mass is 10.0. The Morgan fingerprint density at radius 1 is 1.10 bits per heavy atom. The second-order valence-electron chi connectivity index (χ2n) is 7.26. The van der Waals surface area contributed by atoms with Crippen molar-refractivity contribution >= 4 is 27.3 Å². The summed E-state index contributed by atoms with van der Waals surface area (Å²) in [6, 6.07) is 11.9. The largest absolute Gasteiger partial charge is 0.326 e. The Labute approximate surface area is 169 Å². The zero-order chi connectivity index (χ0) is 21.0. The molecule has 154 valence electrons. The molecule has 0 spiro atoms. The normalized spacial score (nSPS) is 15.8. The molecule has 0 bridgehead atoms. The van der Waals surface area contributed by atoms with Gasteiger partial charge in [0.1, 0.15) is 0 Å². The van der Waals surface area contributed by atoms with Crippen LogP contribution in [0.25, 0.3) is 0 Å². The van der Waals surface area contributed by atoms with Gasteiger partial charge in [-0.25, -0.2) is 8.42 Å². The Balaban J connectivity index is 1.61. The van der Waals surface area contributed by atoms with Gasteiger partial charge in [-0.1, -0.05) is 19.1 Å². The number of nitro benzene ring substituents is 1. The number of anilines is 1. The van der Waals surface area contributed by atoms with Gasteiger partial charge in [0, 0.05) is 30.9 Å². The molecule has 2 aromatic carbocycles. The highest BCUT2D eigenvalue weighted by Crippen LogP contribution is 2.24. The first-order chi connectivity index (χ1) is 13.8. The summed E-state index contributed by atoms with van der Waals surface area (Å²) in [7, 11) is -3.52. The standard InChI is InChI=1S/C20H23N3O5S/c1-15-10-12-22(13-11-15)29(27,28)19-8-4-17(5-9-19)21-20(24)14-16-2-6-18(7-3-16)23(25)26/h2-9,15H,10-14H2,1H3,(H,21,24). The monoisotopic (exact) mass is 417 g/mol. The molecule has 3 rings (SSSR count). The van der Waals surface area contributed by atoms with Crippen molar-refractivity contribution < 1.29 is 18.1 Å². The summed E-state index contributed by atoms with van der Waals surface area (Å²) < 4.78 is 27.0. The number of nitrogens with one attached hydrogen (secondary N) is 1. The Bertz CT molecular complexity index is 980. The number of amides is 1. The fourth-order valence-corrected chi connectivity index (χ4v) is 4.68. The summed E-state index contributed by atoms with van der Waals surface area (Å²) in [5.74, 6) is 0.245. The molecule has 8 nitrogen and oxygen atoms in total. The number of hydrogen-bond acceptors (Lipinski definition) is 5. The van der Waals surface area contributed by atoms with E-state index >= 15 is 0 Å². The molecular weight excluding hydrogens is 394 g/mol. The number of carbonyl (C=O) groups is 1. The molecule has 0 saturated carbocycles. The molecule has 1 saturated heterocycles. The van der Waals surface area contributed by atoms with E-state index in [4.69, 9.17) is 0 Å². The van der Waals surface area contributed by atoms with E-state index in [1.165, 1.54) is 40.7 Å². The Morgan fingerprint density at radius 2 is 1.69 bits per heavy atom. The molecule has 0 unspecified atom stereocenters. The Morgan fingerprint density at radius 3 is 2.24 bits per heavy atom. The minimum atomic E-state index is -3.52. The predicted octanol–water partition coefficient (Wildman–Crippen LogP) is 3.20. The van der Waals surface area contributed by atoms with Gasteiger partial charge in [-0.2, -0.15) is 4.31 Å². The number of hydrogen-bond donors (Lipinski definition) is 1. The molecule has 1 heterocycles. The van der Waals surface area contributed by atoms with Crippen molar-refractivity contribution in [3.05, 3.63) is 64.2 Å². The number of benzene rings is 2. The number of nitrogens with zero attached hydrogens (tertiary/aromatic N) is 2. The van der Waals surface area contributed by atoms with Crippen LogP contribution in [-0.2, 0) is 21.2 Å². The van der Waals surface area contributed by atoms with Crippen LogP contribution in [0.15, 0.2) is 53.4 Å². The van der Waals surface area contributed by atoms with Gasteiger partial charge in [0.05, 0.1) is 16.2 Å². The van der Waals surface area contributed by atoms with E-state index in [2.05, 4.69) is 12.2 Å². The van der Waals surface area contributed by atoms with Crippen LogP contribution in [0.2, 0.25) is 0 Å². The number of rotatable bonds is 6. The summed E-state index contributed by atoms with van der Waals surface area (Å²) in [4.78, 5) is 22.6. The van der Waals surface area contributed by atoms with Crippen LogP contribution in [0.1, 0.15) is 25.3 Å². The second-order valence-corrected chi connectivity index (χ2v) is 9.20. The van der Waals surface area contributed by atoms with Crippen molar-refractivity contribution in [2.75, 3.05) is 18.4 Å². The minimum absolute atomic E-state index is 0.0332. The Hall–Kier alpha value is -2.78. The van der Waals surface area contributed by atoms with Crippen molar-refractivity contribution in [3.8, 4) is 0 Å². The first kappa shape index (κ1) is 20.9. The van der Waals surface area contributed by atoms with Crippen LogP contribution >= 0.6 is 0 Å². The number of nitro groups is 1. The number of non-ortho nitro benzene ring substituents is 1. The first-order valence-electron chi connectivity index (χ1n) is 9.39. The highest BCUT2D eigenvalue weighted by atomic mass is 32.2. The molecule has 1 N–H and O–H groups in total. The van der Waals surface area contributed by atoms with Crippen molar-refractivity contribution in [2.45, 2.75) is 31.1 Å². The molecule has 0 radical (unpaired) electrons. The van der Waals surface area contributed by atoms with Gasteiger partial charge in [-0.15, -0.1) is 0 Å². The molecule has 29 heavy (non-hydrogen) atoms. The highest BCUT2D eigenvalue weighted by Gasteiger charge is 2.27. The van der Waals surface area contributed by atoms with Gasteiger partial charge in [0.15, 0.2) is 0 Å². The lowest BCUT2D eigenvalue weighted by Gasteiger charge is -2.29. The SMILES string of the molecule is CC1CCN(S(=O)(=O)c2ccc(NC(=O)Cc3ccc([N+](=O)[O-])cc3)cc2)CC1. The molecule has 0 atom stereocenters. The lowest BCUT2D eigenvalue weighted by molar-refractivity contribution is -0.384. The van der Waals surface area contributed by atoms with Crippen molar-refractivity contribution in [1.29, 1.82) is 0 Å². The van der Waals surface area contributed by atoms with E-state index in [0.29, 0.717) is 30.3 Å².